The zero-order chi connectivity index (χ0) is 11.6. The number of fused-ring (bicyclic) bond motifs is 3. The van der Waals surface area contributed by atoms with Gasteiger partial charge in [-0.3, -0.25) is 4.79 Å². The van der Waals surface area contributed by atoms with Crippen LogP contribution in [0.2, 0.25) is 0 Å². The molecule has 2 nitrogen and oxygen atoms in total. The first-order valence-corrected chi connectivity index (χ1v) is 6.28. The molecule has 1 heterocycles. The van der Waals surface area contributed by atoms with Gasteiger partial charge in [0.05, 0.1) is 5.92 Å². The van der Waals surface area contributed by atoms with Crippen molar-refractivity contribution in [1.29, 1.82) is 0 Å². The van der Waals surface area contributed by atoms with Gasteiger partial charge in [-0.05, 0) is 36.5 Å². The lowest BCUT2D eigenvalue weighted by Crippen LogP contribution is -2.18. The molecule has 0 N–H and O–H groups in total. The van der Waals surface area contributed by atoms with Gasteiger partial charge in [-0.2, -0.15) is 0 Å². The summed E-state index contributed by atoms with van der Waals surface area (Å²) in [5.41, 5.74) is 5.17. The van der Waals surface area contributed by atoms with Crippen LogP contribution in [-0.2, 0) is 9.53 Å². The minimum absolute atomic E-state index is 0.00440. The molecule has 0 amide bonds. The Morgan fingerprint density at radius 2 is 2.24 bits per heavy atom. The first-order chi connectivity index (χ1) is 8.27. The van der Waals surface area contributed by atoms with Crippen molar-refractivity contribution in [3.05, 3.63) is 41.0 Å². The molecule has 0 radical (unpaired) electrons. The molecule has 1 fully saturated rings. The fourth-order valence-corrected chi connectivity index (χ4v) is 3.71. The molecule has 0 aromatic heterocycles. The minimum atomic E-state index is -0.00440. The quantitative estimate of drug-likeness (QED) is 0.636. The second kappa shape index (κ2) is 3.00. The molecule has 0 saturated carbocycles. The smallest absolute Gasteiger partial charge is 0.310 e. The van der Waals surface area contributed by atoms with Crippen molar-refractivity contribution in [2.45, 2.75) is 25.9 Å². The molecule has 4 rings (SSSR count). The zero-order valence-electron chi connectivity index (χ0n) is 9.77. The summed E-state index contributed by atoms with van der Waals surface area (Å²) < 4.78 is 5.63. The molecule has 1 aromatic carbocycles. The van der Waals surface area contributed by atoms with Crippen molar-refractivity contribution < 1.29 is 9.53 Å². The number of aryl methyl sites for hydroxylation is 1. The third kappa shape index (κ3) is 1.03. The molecule has 17 heavy (non-hydrogen) atoms. The van der Waals surface area contributed by atoms with Gasteiger partial charge in [-0.25, -0.2) is 0 Å². The standard InChI is InChI=1S/C15H14O2/c1-8-4-2-5-9-10-6-3-7-11-13(10)14(12(8)9)17-15(11)16/h2,4-6,11,13-14H,3,7H2,1H3/t11-,13-,14-/m0/s1. The van der Waals surface area contributed by atoms with Crippen molar-refractivity contribution in [3.63, 3.8) is 0 Å². The lowest BCUT2D eigenvalue weighted by atomic mass is 9.80. The zero-order valence-corrected chi connectivity index (χ0v) is 9.77. The van der Waals surface area contributed by atoms with Gasteiger partial charge >= 0.3 is 5.97 Å². The molecular weight excluding hydrogens is 212 g/mol. The highest BCUT2D eigenvalue weighted by atomic mass is 16.6. The Morgan fingerprint density at radius 3 is 3.12 bits per heavy atom. The molecule has 1 aromatic rings. The van der Waals surface area contributed by atoms with Crippen LogP contribution in [0.3, 0.4) is 0 Å². The Hall–Kier alpha value is -1.57. The maximum atomic E-state index is 11.9. The van der Waals surface area contributed by atoms with Crippen molar-refractivity contribution in [2.24, 2.45) is 11.8 Å². The average Bonchev–Trinajstić information content (AvgIpc) is 2.82. The van der Waals surface area contributed by atoms with E-state index in [2.05, 4.69) is 31.2 Å². The summed E-state index contributed by atoms with van der Waals surface area (Å²) >= 11 is 0. The molecular formula is C15H14O2. The maximum Gasteiger partial charge on any atom is 0.310 e. The Morgan fingerprint density at radius 1 is 1.35 bits per heavy atom. The SMILES string of the molecule is Cc1cccc2c1[C@@H]1OC(=O)[C@H]3CCC=C2[C@@H]31. The summed E-state index contributed by atoms with van der Waals surface area (Å²) in [5.74, 6) is 0.415. The van der Waals surface area contributed by atoms with Crippen molar-refractivity contribution >= 4 is 11.5 Å². The number of allylic oxidation sites excluding steroid dienone is 1. The van der Waals surface area contributed by atoms with E-state index >= 15 is 0 Å². The van der Waals surface area contributed by atoms with E-state index in [9.17, 15) is 4.79 Å². The number of carbonyl (C=O) groups is 1. The van der Waals surface area contributed by atoms with E-state index in [1.165, 1.54) is 22.3 Å². The number of rotatable bonds is 0. The van der Waals surface area contributed by atoms with E-state index in [1.54, 1.807) is 0 Å². The van der Waals surface area contributed by atoms with Crippen LogP contribution in [0.4, 0.5) is 0 Å². The van der Waals surface area contributed by atoms with E-state index in [1.807, 2.05) is 0 Å². The maximum absolute atomic E-state index is 11.9. The topological polar surface area (TPSA) is 26.3 Å². The van der Waals surface area contributed by atoms with Crippen molar-refractivity contribution in [2.75, 3.05) is 0 Å². The van der Waals surface area contributed by atoms with Crippen LogP contribution >= 0.6 is 0 Å². The van der Waals surface area contributed by atoms with Crippen molar-refractivity contribution in [1.82, 2.24) is 0 Å². The van der Waals surface area contributed by atoms with Crippen LogP contribution in [0.5, 0.6) is 0 Å². The van der Waals surface area contributed by atoms with Gasteiger partial charge in [0.1, 0.15) is 6.10 Å². The molecule has 0 bridgehead atoms. The fourth-order valence-electron chi connectivity index (χ4n) is 3.71. The largest absolute Gasteiger partial charge is 0.457 e. The second-order valence-electron chi connectivity index (χ2n) is 5.26. The molecule has 0 unspecified atom stereocenters. The highest BCUT2D eigenvalue weighted by Gasteiger charge is 2.53. The van der Waals surface area contributed by atoms with E-state index < -0.39 is 0 Å². The van der Waals surface area contributed by atoms with Gasteiger partial charge in [0.2, 0.25) is 0 Å². The first-order valence-electron chi connectivity index (χ1n) is 6.28. The second-order valence-corrected chi connectivity index (χ2v) is 5.26. The number of esters is 1. The van der Waals surface area contributed by atoms with Gasteiger partial charge < -0.3 is 4.74 Å². The van der Waals surface area contributed by atoms with Gasteiger partial charge in [0, 0.05) is 11.5 Å². The summed E-state index contributed by atoms with van der Waals surface area (Å²) in [7, 11) is 0. The third-order valence-corrected chi connectivity index (χ3v) is 4.43. The summed E-state index contributed by atoms with van der Waals surface area (Å²) in [6.45, 7) is 2.11. The summed E-state index contributed by atoms with van der Waals surface area (Å²) in [6.07, 6.45) is 4.26. The van der Waals surface area contributed by atoms with E-state index in [-0.39, 0.29) is 18.0 Å². The number of hydrogen-bond donors (Lipinski definition) is 0. The molecule has 0 spiro atoms. The average molecular weight is 226 g/mol. The Bertz CT molecular complexity index is 556. The summed E-state index contributed by atoms with van der Waals surface area (Å²) in [4.78, 5) is 11.9. The third-order valence-electron chi connectivity index (χ3n) is 4.43. The lowest BCUT2D eigenvalue weighted by molar-refractivity contribution is -0.144. The number of benzene rings is 1. The molecule has 3 atom stereocenters. The fraction of sp³-hybridized carbons (Fsp3) is 0.400. The number of hydrogen-bond acceptors (Lipinski definition) is 2. The Balaban J connectivity index is 2.00. The number of carbonyl (C=O) groups excluding carboxylic acids is 1. The van der Waals surface area contributed by atoms with Crippen LogP contribution in [0, 0.1) is 18.8 Å². The monoisotopic (exact) mass is 226 g/mol. The predicted molar refractivity (Wildman–Crippen MR) is 64.2 cm³/mol. The van der Waals surface area contributed by atoms with Crippen LogP contribution < -0.4 is 0 Å². The summed E-state index contributed by atoms with van der Waals surface area (Å²) in [6, 6.07) is 6.38. The molecule has 3 aliphatic rings. The first kappa shape index (κ1) is 9.46. The van der Waals surface area contributed by atoms with Crippen LogP contribution in [0.1, 0.15) is 35.6 Å². The predicted octanol–water partition coefficient (Wildman–Crippen LogP) is 3.02. The molecule has 1 saturated heterocycles. The van der Waals surface area contributed by atoms with Gasteiger partial charge in [0.15, 0.2) is 0 Å². The number of ether oxygens (including phenoxy) is 1. The normalized spacial score (nSPS) is 32.9. The summed E-state index contributed by atoms with van der Waals surface area (Å²) in [5, 5.41) is 0. The lowest BCUT2D eigenvalue weighted by Gasteiger charge is -2.20. The molecule has 1 aliphatic heterocycles. The van der Waals surface area contributed by atoms with Crippen LogP contribution in [0.25, 0.3) is 5.57 Å². The van der Waals surface area contributed by atoms with Crippen LogP contribution in [0.15, 0.2) is 24.3 Å². The van der Waals surface area contributed by atoms with Gasteiger partial charge in [-0.15, -0.1) is 0 Å². The van der Waals surface area contributed by atoms with E-state index in [4.69, 9.17) is 4.74 Å². The Labute approximate surface area is 100 Å². The Kier molecular flexibility index (Phi) is 1.67. The highest BCUT2D eigenvalue weighted by molar-refractivity contribution is 5.87. The van der Waals surface area contributed by atoms with E-state index in [0.717, 1.165) is 12.8 Å². The molecule has 86 valence electrons. The van der Waals surface area contributed by atoms with Crippen LogP contribution in [-0.4, -0.2) is 5.97 Å². The van der Waals surface area contributed by atoms with Gasteiger partial charge in [0.25, 0.3) is 0 Å². The van der Waals surface area contributed by atoms with Gasteiger partial charge in [-0.1, -0.05) is 24.3 Å². The van der Waals surface area contributed by atoms with E-state index in [0.29, 0.717) is 5.92 Å². The van der Waals surface area contributed by atoms with Crippen molar-refractivity contribution in [3.8, 4) is 0 Å². The minimum Gasteiger partial charge on any atom is -0.457 e. The molecule has 2 aliphatic carbocycles. The molecule has 2 heteroatoms. The highest BCUT2D eigenvalue weighted by Crippen LogP contribution is 2.57.